The first-order chi connectivity index (χ1) is 16.9. The maximum Gasteiger partial charge on any atom is 0.255 e. The highest BCUT2D eigenvalue weighted by molar-refractivity contribution is 6.11. The lowest BCUT2D eigenvalue weighted by atomic mass is 9.96. The van der Waals surface area contributed by atoms with E-state index < -0.39 is 0 Å². The third-order valence-corrected chi connectivity index (χ3v) is 5.34. The predicted molar refractivity (Wildman–Crippen MR) is 151 cm³/mol. The molecule has 2 amide bonds. The Morgan fingerprint density at radius 1 is 0.556 bits per heavy atom. The number of hydrogen-bond acceptors (Lipinski definition) is 4. The normalized spacial score (nSPS) is 11.5. The molecule has 6 nitrogen and oxygen atoms in total. The van der Waals surface area contributed by atoms with E-state index in [1.807, 2.05) is 48.5 Å². The van der Waals surface area contributed by atoms with Gasteiger partial charge in [-0.3, -0.25) is 9.59 Å². The maximum atomic E-state index is 13.0. The molecule has 0 unspecified atom stereocenters. The van der Waals surface area contributed by atoms with Crippen molar-refractivity contribution in [3.8, 4) is 0 Å². The van der Waals surface area contributed by atoms with Gasteiger partial charge in [0.05, 0.1) is 22.7 Å². The van der Waals surface area contributed by atoms with E-state index >= 15 is 0 Å². The number of carbonyl (C=O) groups is 2. The van der Waals surface area contributed by atoms with Crippen LogP contribution in [0.15, 0.2) is 72.8 Å². The van der Waals surface area contributed by atoms with E-state index in [9.17, 15) is 9.59 Å². The Labute approximate surface area is 214 Å². The summed E-state index contributed by atoms with van der Waals surface area (Å²) in [6.07, 6.45) is 0. The standard InChI is InChI=1S/C30H38N4O2/c1-29(2,3)19-31-23-17-25(33-27(35)21-13-9-7-10-14-21)26(18-24(23)32-20-30(4,5)6)34-28(36)22-15-11-8-12-16-22/h7-18,31-32H,19-20H2,1-6H3,(H,33,35)(H,34,36). The van der Waals surface area contributed by atoms with Gasteiger partial charge in [0.25, 0.3) is 11.8 Å². The Kier molecular flexibility index (Phi) is 8.41. The van der Waals surface area contributed by atoms with Crippen LogP contribution >= 0.6 is 0 Å². The number of nitrogens with one attached hydrogen (secondary N) is 4. The highest BCUT2D eigenvalue weighted by atomic mass is 16.2. The fraction of sp³-hybridized carbons (Fsp3) is 0.333. The summed E-state index contributed by atoms with van der Waals surface area (Å²) in [5.41, 5.74) is 3.93. The summed E-state index contributed by atoms with van der Waals surface area (Å²) in [6, 6.07) is 21.8. The fourth-order valence-corrected chi connectivity index (χ4v) is 3.39. The largest absolute Gasteiger partial charge is 0.383 e. The lowest BCUT2D eigenvalue weighted by Gasteiger charge is -2.26. The molecule has 3 aromatic rings. The summed E-state index contributed by atoms with van der Waals surface area (Å²) in [5, 5.41) is 13.1. The summed E-state index contributed by atoms with van der Waals surface area (Å²) < 4.78 is 0. The molecule has 4 N–H and O–H groups in total. The van der Waals surface area contributed by atoms with Gasteiger partial charge in [-0.1, -0.05) is 77.9 Å². The van der Waals surface area contributed by atoms with Gasteiger partial charge in [0.1, 0.15) is 0 Å². The molecule has 3 aromatic carbocycles. The number of rotatable bonds is 8. The maximum absolute atomic E-state index is 13.0. The van der Waals surface area contributed by atoms with E-state index in [0.29, 0.717) is 22.5 Å². The molecule has 6 heteroatoms. The molecule has 0 saturated carbocycles. The van der Waals surface area contributed by atoms with Crippen molar-refractivity contribution >= 4 is 34.6 Å². The van der Waals surface area contributed by atoms with Crippen molar-refractivity contribution < 1.29 is 9.59 Å². The van der Waals surface area contributed by atoms with Gasteiger partial charge in [0, 0.05) is 24.2 Å². The summed E-state index contributed by atoms with van der Waals surface area (Å²) in [4.78, 5) is 26.1. The quantitative estimate of drug-likeness (QED) is 0.273. The lowest BCUT2D eigenvalue weighted by Crippen LogP contribution is -2.23. The molecule has 0 spiro atoms. The zero-order chi connectivity index (χ0) is 26.3. The second-order valence-electron chi connectivity index (χ2n) is 11.4. The van der Waals surface area contributed by atoms with Crippen molar-refractivity contribution in [3.63, 3.8) is 0 Å². The van der Waals surface area contributed by atoms with Crippen LogP contribution in [0, 0.1) is 10.8 Å². The number of hydrogen-bond donors (Lipinski definition) is 4. The van der Waals surface area contributed by atoms with E-state index in [2.05, 4.69) is 62.8 Å². The SMILES string of the molecule is CC(C)(C)CNc1cc(NC(=O)c2ccccc2)c(NC(=O)c2ccccc2)cc1NCC(C)(C)C. The smallest absolute Gasteiger partial charge is 0.255 e. The summed E-state index contributed by atoms with van der Waals surface area (Å²) >= 11 is 0. The molecule has 3 rings (SSSR count). The Bertz CT molecular complexity index is 1080. The Morgan fingerprint density at radius 3 is 1.19 bits per heavy atom. The molecule has 0 heterocycles. The van der Waals surface area contributed by atoms with Crippen LogP contribution in [0.4, 0.5) is 22.7 Å². The molecule has 0 saturated heterocycles. The monoisotopic (exact) mass is 486 g/mol. The van der Waals surface area contributed by atoms with E-state index in [0.717, 1.165) is 24.5 Å². The number of benzene rings is 3. The van der Waals surface area contributed by atoms with Crippen molar-refractivity contribution in [2.24, 2.45) is 10.8 Å². The van der Waals surface area contributed by atoms with Gasteiger partial charge < -0.3 is 21.3 Å². The molecule has 0 bridgehead atoms. The summed E-state index contributed by atoms with van der Waals surface area (Å²) in [7, 11) is 0. The predicted octanol–water partition coefficient (Wildman–Crippen LogP) is 7.11. The second kappa shape index (κ2) is 11.3. The van der Waals surface area contributed by atoms with E-state index in [1.165, 1.54) is 0 Å². The van der Waals surface area contributed by atoms with Crippen molar-refractivity contribution in [1.29, 1.82) is 0 Å². The third-order valence-electron chi connectivity index (χ3n) is 5.34. The van der Waals surface area contributed by atoms with Gasteiger partial charge in [-0.25, -0.2) is 0 Å². The van der Waals surface area contributed by atoms with Crippen LogP contribution in [0.5, 0.6) is 0 Å². The average molecular weight is 487 g/mol. The molecule has 0 atom stereocenters. The zero-order valence-electron chi connectivity index (χ0n) is 22.2. The van der Waals surface area contributed by atoms with Gasteiger partial charge in [-0.15, -0.1) is 0 Å². The highest BCUT2D eigenvalue weighted by Gasteiger charge is 2.19. The van der Waals surface area contributed by atoms with E-state index in [1.54, 1.807) is 24.3 Å². The fourth-order valence-electron chi connectivity index (χ4n) is 3.39. The molecule has 0 fully saturated rings. The molecular weight excluding hydrogens is 448 g/mol. The minimum atomic E-state index is -0.247. The Hall–Kier alpha value is -3.80. The van der Waals surface area contributed by atoms with E-state index in [-0.39, 0.29) is 22.6 Å². The molecular formula is C30H38N4O2. The topological polar surface area (TPSA) is 82.3 Å². The van der Waals surface area contributed by atoms with Gasteiger partial charge in [0.15, 0.2) is 0 Å². The molecule has 0 aliphatic rings. The van der Waals surface area contributed by atoms with Gasteiger partial charge in [-0.05, 0) is 47.2 Å². The first kappa shape index (κ1) is 26.8. The Balaban J connectivity index is 2.02. The molecule has 0 aliphatic carbocycles. The number of anilines is 4. The van der Waals surface area contributed by atoms with Crippen molar-refractivity contribution in [2.45, 2.75) is 41.5 Å². The van der Waals surface area contributed by atoms with Crippen LogP contribution in [-0.4, -0.2) is 24.9 Å². The molecule has 36 heavy (non-hydrogen) atoms. The number of amides is 2. The van der Waals surface area contributed by atoms with Crippen LogP contribution in [0.2, 0.25) is 0 Å². The number of carbonyl (C=O) groups excluding carboxylic acids is 2. The minimum absolute atomic E-state index is 0.0505. The van der Waals surface area contributed by atoms with E-state index in [4.69, 9.17) is 0 Å². The zero-order valence-corrected chi connectivity index (χ0v) is 22.2. The highest BCUT2D eigenvalue weighted by Crippen LogP contribution is 2.35. The first-order valence-corrected chi connectivity index (χ1v) is 12.3. The molecule has 0 radical (unpaired) electrons. The average Bonchev–Trinajstić information content (AvgIpc) is 2.83. The first-order valence-electron chi connectivity index (χ1n) is 12.3. The van der Waals surface area contributed by atoms with Gasteiger partial charge in [0.2, 0.25) is 0 Å². The molecule has 0 aromatic heterocycles. The lowest BCUT2D eigenvalue weighted by molar-refractivity contribution is 0.101. The minimum Gasteiger partial charge on any atom is -0.383 e. The van der Waals surface area contributed by atoms with Crippen molar-refractivity contribution in [2.75, 3.05) is 34.4 Å². The van der Waals surface area contributed by atoms with Crippen LogP contribution < -0.4 is 21.3 Å². The van der Waals surface area contributed by atoms with Crippen LogP contribution in [0.3, 0.4) is 0 Å². The molecule has 190 valence electrons. The molecule has 0 aliphatic heterocycles. The third kappa shape index (κ3) is 8.15. The van der Waals surface area contributed by atoms with Crippen LogP contribution in [0.25, 0.3) is 0 Å². The van der Waals surface area contributed by atoms with Crippen LogP contribution in [-0.2, 0) is 0 Å². The summed E-state index contributed by atoms with van der Waals surface area (Å²) in [5.74, 6) is -0.494. The van der Waals surface area contributed by atoms with Gasteiger partial charge >= 0.3 is 0 Å². The summed E-state index contributed by atoms with van der Waals surface area (Å²) in [6.45, 7) is 14.4. The van der Waals surface area contributed by atoms with Crippen LogP contribution in [0.1, 0.15) is 62.3 Å². The van der Waals surface area contributed by atoms with Crippen molar-refractivity contribution in [3.05, 3.63) is 83.9 Å². The Morgan fingerprint density at radius 2 is 0.889 bits per heavy atom. The second-order valence-corrected chi connectivity index (χ2v) is 11.4. The van der Waals surface area contributed by atoms with Crippen molar-refractivity contribution in [1.82, 2.24) is 0 Å². The van der Waals surface area contributed by atoms with Gasteiger partial charge in [-0.2, -0.15) is 0 Å².